The first-order valence-electron chi connectivity index (χ1n) is 7.53. The van der Waals surface area contributed by atoms with Crippen LogP contribution >= 0.6 is 23.2 Å². The van der Waals surface area contributed by atoms with Crippen LogP contribution in [0.5, 0.6) is 5.75 Å². The Morgan fingerprint density at radius 1 is 1.26 bits per heavy atom. The lowest BCUT2D eigenvalue weighted by Crippen LogP contribution is -2.55. The highest BCUT2D eigenvalue weighted by Crippen LogP contribution is 2.61. The first kappa shape index (κ1) is 16.7. The number of ether oxygens (including phenoxy) is 1. The second kappa shape index (κ2) is 5.72. The topological polar surface area (TPSA) is 70.0 Å². The van der Waals surface area contributed by atoms with Crippen molar-refractivity contribution in [3.8, 4) is 5.75 Å². The first-order valence-corrected chi connectivity index (χ1v) is 8.29. The number of halogens is 2. The fraction of sp³-hybridized carbons (Fsp3) is 0.562. The molecule has 0 bridgehead atoms. The highest BCUT2D eigenvalue weighted by molar-refractivity contribution is 6.42. The minimum atomic E-state index is -1.07. The van der Waals surface area contributed by atoms with Gasteiger partial charge >= 0.3 is 6.09 Å². The lowest BCUT2D eigenvalue weighted by Gasteiger charge is -2.56. The number of hydrogen-bond donors (Lipinski definition) is 2. The van der Waals surface area contributed by atoms with Gasteiger partial charge in [0.25, 0.3) is 0 Å². The summed E-state index contributed by atoms with van der Waals surface area (Å²) >= 11 is 12.4. The van der Waals surface area contributed by atoms with Gasteiger partial charge in [-0.1, -0.05) is 23.2 Å². The molecule has 2 N–H and O–H groups in total. The van der Waals surface area contributed by atoms with E-state index in [0.29, 0.717) is 47.3 Å². The average Bonchev–Trinajstić information content (AvgIpc) is 2.48. The van der Waals surface area contributed by atoms with Crippen LogP contribution < -0.4 is 4.74 Å². The van der Waals surface area contributed by atoms with Gasteiger partial charge in [0.1, 0.15) is 5.75 Å². The number of methoxy groups -OCH3 is 1. The predicted octanol–water partition coefficient (Wildman–Crippen LogP) is 3.74. The van der Waals surface area contributed by atoms with Gasteiger partial charge in [0.05, 0.1) is 22.8 Å². The summed E-state index contributed by atoms with van der Waals surface area (Å²) in [5, 5.41) is 20.8. The highest BCUT2D eigenvalue weighted by atomic mass is 35.5. The van der Waals surface area contributed by atoms with Crippen LogP contribution in [0.15, 0.2) is 12.1 Å². The molecule has 0 aromatic heterocycles. The number of rotatable bonds is 2. The van der Waals surface area contributed by atoms with Crippen molar-refractivity contribution in [3.05, 3.63) is 27.7 Å². The van der Waals surface area contributed by atoms with E-state index in [1.807, 2.05) is 0 Å². The van der Waals surface area contributed by atoms with Crippen LogP contribution in [-0.2, 0) is 5.60 Å². The van der Waals surface area contributed by atoms with E-state index in [-0.39, 0.29) is 5.41 Å². The van der Waals surface area contributed by atoms with Crippen LogP contribution in [0.4, 0.5) is 4.79 Å². The summed E-state index contributed by atoms with van der Waals surface area (Å²) in [4.78, 5) is 12.4. The summed E-state index contributed by atoms with van der Waals surface area (Å²) in [5.74, 6) is 0.528. The van der Waals surface area contributed by atoms with E-state index >= 15 is 0 Å². The van der Waals surface area contributed by atoms with Gasteiger partial charge in [-0.3, -0.25) is 0 Å². The third-order valence-electron chi connectivity index (χ3n) is 5.17. The van der Waals surface area contributed by atoms with Crippen molar-refractivity contribution in [1.29, 1.82) is 0 Å². The molecule has 1 saturated heterocycles. The third-order valence-corrected chi connectivity index (χ3v) is 5.98. The van der Waals surface area contributed by atoms with E-state index < -0.39 is 11.7 Å². The molecule has 2 aliphatic rings. The zero-order valence-corrected chi connectivity index (χ0v) is 14.3. The van der Waals surface area contributed by atoms with Gasteiger partial charge in [0.15, 0.2) is 0 Å². The van der Waals surface area contributed by atoms with E-state index in [9.17, 15) is 9.90 Å². The zero-order valence-electron chi connectivity index (χ0n) is 12.8. The molecule has 1 amide bonds. The molecule has 3 rings (SSSR count). The number of hydrogen-bond acceptors (Lipinski definition) is 3. The Morgan fingerprint density at radius 3 is 2.39 bits per heavy atom. The van der Waals surface area contributed by atoms with Crippen molar-refractivity contribution < 1.29 is 19.7 Å². The number of carboxylic acid groups (broad SMARTS) is 1. The van der Waals surface area contributed by atoms with Crippen LogP contribution in [-0.4, -0.2) is 41.4 Å². The maximum Gasteiger partial charge on any atom is 0.407 e. The second-order valence-corrected chi connectivity index (χ2v) is 7.38. The molecule has 1 heterocycles. The molecule has 1 aromatic rings. The first-order chi connectivity index (χ1) is 10.8. The van der Waals surface area contributed by atoms with E-state index in [1.54, 1.807) is 12.1 Å². The normalized spacial score (nSPS) is 21.8. The summed E-state index contributed by atoms with van der Waals surface area (Å²) in [7, 11) is 1.53. The van der Waals surface area contributed by atoms with Crippen LogP contribution in [0, 0.1) is 5.41 Å². The van der Waals surface area contributed by atoms with E-state index in [1.165, 1.54) is 12.0 Å². The van der Waals surface area contributed by atoms with Gasteiger partial charge in [-0.15, -0.1) is 0 Å². The molecule has 0 unspecified atom stereocenters. The summed E-state index contributed by atoms with van der Waals surface area (Å²) in [5.41, 5.74) is -0.559. The number of amides is 1. The molecular weight excluding hydrogens is 341 g/mol. The van der Waals surface area contributed by atoms with Crippen molar-refractivity contribution in [1.82, 2.24) is 4.90 Å². The Kier molecular flexibility index (Phi) is 4.15. The van der Waals surface area contributed by atoms with E-state index in [0.717, 1.165) is 12.8 Å². The Morgan fingerprint density at radius 2 is 1.87 bits per heavy atom. The standard InChI is InChI=1S/C16H19Cl2NO4/c1-23-11-3-2-10(17)13(18)12(11)16(22)8-15(9-16)4-6-19(7-5-15)14(20)21/h2-3,22H,4-9H2,1H3,(H,20,21). The quantitative estimate of drug-likeness (QED) is 0.843. The van der Waals surface area contributed by atoms with Crippen molar-refractivity contribution in [3.63, 3.8) is 0 Å². The van der Waals surface area contributed by atoms with Crippen LogP contribution in [0.3, 0.4) is 0 Å². The minimum Gasteiger partial charge on any atom is -0.496 e. The number of carbonyl (C=O) groups is 1. The van der Waals surface area contributed by atoms with Crippen molar-refractivity contribution in [2.24, 2.45) is 5.41 Å². The summed E-state index contributed by atoms with van der Waals surface area (Å²) in [6, 6.07) is 3.36. The number of nitrogens with zero attached hydrogens (tertiary/aromatic N) is 1. The van der Waals surface area contributed by atoms with Gasteiger partial charge in [-0.25, -0.2) is 4.79 Å². The molecule has 1 spiro atoms. The number of benzene rings is 1. The highest BCUT2D eigenvalue weighted by Gasteiger charge is 2.57. The monoisotopic (exact) mass is 359 g/mol. The molecule has 2 fully saturated rings. The summed E-state index contributed by atoms with van der Waals surface area (Å²) in [6.45, 7) is 1.01. The smallest absolute Gasteiger partial charge is 0.407 e. The lowest BCUT2D eigenvalue weighted by molar-refractivity contribution is -0.154. The maximum absolute atomic E-state index is 11.0. The summed E-state index contributed by atoms with van der Waals surface area (Å²) < 4.78 is 5.34. The minimum absolute atomic E-state index is 0.0304. The molecule has 126 valence electrons. The Balaban J connectivity index is 1.80. The number of piperidine rings is 1. The van der Waals surface area contributed by atoms with Gasteiger partial charge in [0, 0.05) is 18.7 Å². The zero-order chi connectivity index (χ0) is 16.8. The molecule has 0 radical (unpaired) electrons. The number of aliphatic hydroxyl groups is 1. The van der Waals surface area contributed by atoms with Gasteiger partial charge in [-0.05, 0) is 43.2 Å². The van der Waals surface area contributed by atoms with Crippen molar-refractivity contribution >= 4 is 29.3 Å². The molecule has 7 heteroatoms. The molecule has 1 aliphatic carbocycles. The average molecular weight is 360 g/mol. The van der Waals surface area contributed by atoms with Crippen molar-refractivity contribution in [2.45, 2.75) is 31.3 Å². The van der Waals surface area contributed by atoms with Crippen LogP contribution in [0.2, 0.25) is 10.0 Å². The molecule has 0 atom stereocenters. The van der Waals surface area contributed by atoms with Gasteiger partial charge < -0.3 is 19.8 Å². The molecule has 1 aromatic carbocycles. The molecular formula is C16H19Cl2NO4. The van der Waals surface area contributed by atoms with E-state index in [2.05, 4.69) is 0 Å². The van der Waals surface area contributed by atoms with Crippen LogP contribution in [0.1, 0.15) is 31.2 Å². The summed E-state index contributed by atoms with van der Waals surface area (Å²) in [6.07, 6.45) is 1.71. The fourth-order valence-electron chi connectivity index (χ4n) is 4.03. The molecule has 5 nitrogen and oxygen atoms in total. The molecule has 1 saturated carbocycles. The third kappa shape index (κ3) is 2.75. The largest absolute Gasteiger partial charge is 0.496 e. The Labute approximate surface area is 144 Å². The Bertz CT molecular complexity index is 633. The number of likely N-dealkylation sites (tertiary alicyclic amines) is 1. The van der Waals surface area contributed by atoms with Crippen LogP contribution in [0.25, 0.3) is 0 Å². The van der Waals surface area contributed by atoms with Gasteiger partial charge in [0.2, 0.25) is 0 Å². The Hall–Kier alpha value is -1.17. The maximum atomic E-state index is 11.0. The molecule has 1 aliphatic heterocycles. The van der Waals surface area contributed by atoms with Crippen molar-refractivity contribution in [2.75, 3.05) is 20.2 Å². The second-order valence-electron chi connectivity index (χ2n) is 6.59. The lowest BCUT2D eigenvalue weighted by atomic mass is 9.53. The SMILES string of the molecule is COc1ccc(Cl)c(Cl)c1C1(O)CC2(CCN(C(=O)O)CC2)C1. The van der Waals surface area contributed by atoms with Gasteiger partial charge in [-0.2, -0.15) is 0 Å². The molecule has 23 heavy (non-hydrogen) atoms. The predicted molar refractivity (Wildman–Crippen MR) is 87.4 cm³/mol. The van der Waals surface area contributed by atoms with E-state index in [4.69, 9.17) is 33.0 Å². The fourth-order valence-corrected chi connectivity index (χ4v) is 4.52.